The number of rotatable bonds is 2. The van der Waals surface area contributed by atoms with Crippen molar-refractivity contribution in [1.82, 2.24) is 0 Å². The van der Waals surface area contributed by atoms with Crippen molar-refractivity contribution in [2.45, 2.75) is 4.90 Å². The van der Waals surface area contributed by atoms with Crippen LogP contribution in [0.5, 0.6) is 0 Å². The normalized spacial score (nSPS) is 10.5. The highest BCUT2D eigenvalue weighted by Gasteiger charge is 2.12. The zero-order valence-corrected chi connectivity index (χ0v) is 14.4. The summed E-state index contributed by atoms with van der Waals surface area (Å²) in [5.74, 6) is 0. The van der Waals surface area contributed by atoms with Crippen LogP contribution in [-0.4, -0.2) is 6.26 Å². The fraction of sp³-hybridized carbons (Fsp3) is 0.143. The van der Waals surface area contributed by atoms with Crippen molar-refractivity contribution < 1.29 is 0 Å². The smallest absolute Gasteiger partial charge is 0.0489 e. The molecule has 0 radical (unpaired) electrons. The van der Waals surface area contributed by atoms with Gasteiger partial charge in [0.1, 0.15) is 0 Å². The number of benzene rings is 1. The van der Waals surface area contributed by atoms with Crippen molar-refractivity contribution in [2.75, 3.05) is 6.26 Å². The predicted octanol–water partition coefficient (Wildman–Crippen LogP) is 6.11. The number of hydrogen-bond donors (Lipinski definition) is 0. The molecule has 0 aromatic heterocycles. The quantitative estimate of drug-likeness (QED) is 0.377. The van der Waals surface area contributed by atoms with E-state index in [1.54, 1.807) is 21.6 Å². The zero-order chi connectivity index (χ0) is 10.0. The van der Waals surface area contributed by atoms with Crippen molar-refractivity contribution >= 4 is 85.3 Å². The third-order valence-corrected chi connectivity index (χ3v) is 7.47. The Morgan fingerprint density at radius 2 is 1.46 bits per heavy atom. The Balaban J connectivity index is 3.28. The molecule has 0 aliphatic heterocycles. The Hall–Kier alpha value is 1.84. The lowest BCUT2D eigenvalue weighted by atomic mass is 10.4. The first-order chi connectivity index (χ1) is 6.07. The first-order valence-corrected chi connectivity index (χ1v) is 8.84. The molecule has 0 saturated heterocycles. The van der Waals surface area contributed by atoms with Crippen LogP contribution in [0.25, 0.3) is 0 Å². The molecule has 72 valence electrons. The van der Waals surface area contributed by atoms with Gasteiger partial charge in [-0.2, -0.15) is 0 Å². The summed E-state index contributed by atoms with van der Waals surface area (Å²) in [6, 6.07) is 2.01. The topological polar surface area (TPSA) is 0 Å². The lowest BCUT2D eigenvalue weighted by Crippen LogP contribution is -1.80. The van der Waals surface area contributed by atoms with Crippen LogP contribution in [0.1, 0.15) is 0 Å². The SMILES string of the molecule is CSSc1c(Br)c(Br)cc(Br)c1Br. The molecular formula is C7H4Br4S2. The Morgan fingerprint density at radius 1 is 1.00 bits per heavy atom. The van der Waals surface area contributed by atoms with E-state index in [-0.39, 0.29) is 0 Å². The van der Waals surface area contributed by atoms with Crippen LogP contribution in [0.2, 0.25) is 0 Å². The Kier molecular flexibility index (Phi) is 5.76. The van der Waals surface area contributed by atoms with E-state index in [9.17, 15) is 0 Å². The molecule has 0 heterocycles. The van der Waals surface area contributed by atoms with Gasteiger partial charge in [0.25, 0.3) is 0 Å². The maximum atomic E-state index is 3.53. The molecule has 0 aliphatic carbocycles. The zero-order valence-electron chi connectivity index (χ0n) is 6.41. The summed E-state index contributed by atoms with van der Waals surface area (Å²) in [4.78, 5) is 1.19. The van der Waals surface area contributed by atoms with E-state index in [0.717, 1.165) is 17.9 Å². The summed E-state index contributed by atoms with van der Waals surface area (Å²) in [7, 11) is 3.44. The summed E-state index contributed by atoms with van der Waals surface area (Å²) >= 11 is 14.0. The standard InChI is InChI=1S/C7H4Br4S2/c1-12-13-7-5(10)3(8)2-4(9)6(7)11/h2H,1H3. The maximum Gasteiger partial charge on any atom is 0.0489 e. The lowest BCUT2D eigenvalue weighted by molar-refractivity contribution is 1.32. The average Bonchev–Trinajstić information content (AvgIpc) is 2.09. The molecule has 13 heavy (non-hydrogen) atoms. The van der Waals surface area contributed by atoms with Gasteiger partial charge in [0.05, 0.1) is 0 Å². The molecule has 0 spiro atoms. The van der Waals surface area contributed by atoms with Gasteiger partial charge in [-0.3, -0.25) is 0 Å². The van der Waals surface area contributed by atoms with Crippen molar-refractivity contribution in [3.05, 3.63) is 24.0 Å². The first kappa shape index (κ1) is 12.9. The molecule has 0 saturated carbocycles. The molecule has 1 rings (SSSR count). The number of halogens is 4. The molecule has 1 aromatic carbocycles. The fourth-order valence-corrected chi connectivity index (χ4v) is 5.68. The minimum Gasteiger partial charge on any atom is -0.0923 e. The summed E-state index contributed by atoms with van der Waals surface area (Å²) in [5.41, 5.74) is 0. The van der Waals surface area contributed by atoms with Crippen molar-refractivity contribution in [1.29, 1.82) is 0 Å². The lowest BCUT2D eigenvalue weighted by Gasteiger charge is -2.08. The molecule has 0 unspecified atom stereocenters. The van der Waals surface area contributed by atoms with Gasteiger partial charge in [-0.15, -0.1) is 0 Å². The molecule has 0 amide bonds. The van der Waals surface area contributed by atoms with Crippen molar-refractivity contribution in [2.24, 2.45) is 0 Å². The second-order valence-electron chi connectivity index (χ2n) is 2.05. The van der Waals surface area contributed by atoms with E-state index in [2.05, 4.69) is 70.0 Å². The molecule has 0 bridgehead atoms. The van der Waals surface area contributed by atoms with Crippen LogP contribution in [0.3, 0.4) is 0 Å². The van der Waals surface area contributed by atoms with Gasteiger partial charge in [-0.1, -0.05) is 21.6 Å². The van der Waals surface area contributed by atoms with Crippen molar-refractivity contribution in [3.63, 3.8) is 0 Å². The molecule has 0 atom stereocenters. The van der Waals surface area contributed by atoms with E-state index in [1.165, 1.54) is 4.90 Å². The second kappa shape index (κ2) is 5.80. The van der Waals surface area contributed by atoms with Gasteiger partial charge >= 0.3 is 0 Å². The highest BCUT2D eigenvalue weighted by Crippen LogP contribution is 2.46. The summed E-state index contributed by atoms with van der Waals surface area (Å²) in [5, 5.41) is 0. The predicted molar refractivity (Wildman–Crippen MR) is 76.6 cm³/mol. The maximum absolute atomic E-state index is 3.53. The Bertz CT molecular complexity index is 301. The van der Waals surface area contributed by atoms with Gasteiger partial charge in [-0.05, 0) is 76.0 Å². The van der Waals surface area contributed by atoms with E-state index in [0.29, 0.717) is 0 Å². The van der Waals surface area contributed by atoms with Gasteiger partial charge in [0, 0.05) is 22.8 Å². The van der Waals surface area contributed by atoms with E-state index in [4.69, 9.17) is 0 Å². The number of hydrogen-bond acceptors (Lipinski definition) is 2. The highest BCUT2D eigenvalue weighted by molar-refractivity contribution is 9.14. The molecule has 6 heteroatoms. The largest absolute Gasteiger partial charge is 0.0923 e. The molecule has 0 N–H and O–H groups in total. The molecule has 0 aliphatic rings. The van der Waals surface area contributed by atoms with E-state index < -0.39 is 0 Å². The molecular weight excluding hydrogens is 468 g/mol. The summed E-state index contributed by atoms with van der Waals surface area (Å²) < 4.78 is 4.28. The van der Waals surface area contributed by atoms with Crippen LogP contribution >= 0.6 is 85.3 Å². The van der Waals surface area contributed by atoms with Crippen LogP contribution in [0.15, 0.2) is 28.9 Å². The van der Waals surface area contributed by atoms with Crippen LogP contribution in [0, 0.1) is 0 Å². The van der Waals surface area contributed by atoms with E-state index >= 15 is 0 Å². The fourth-order valence-electron chi connectivity index (χ4n) is 0.708. The third-order valence-electron chi connectivity index (χ3n) is 1.24. The van der Waals surface area contributed by atoms with Gasteiger partial charge in [-0.25, -0.2) is 0 Å². The van der Waals surface area contributed by atoms with Crippen molar-refractivity contribution in [3.8, 4) is 0 Å². The first-order valence-electron chi connectivity index (χ1n) is 3.11. The van der Waals surface area contributed by atoms with Crippen LogP contribution in [-0.2, 0) is 0 Å². The Labute approximate surface area is 119 Å². The van der Waals surface area contributed by atoms with Gasteiger partial charge < -0.3 is 0 Å². The summed E-state index contributed by atoms with van der Waals surface area (Å²) in [6.07, 6.45) is 2.05. The van der Waals surface area contributed by atoms with Gasteiger partial charge in [0.2, 0.25) is 0 Å². The highest BCUT2D eigenvalue weighted by atomic mass is 79.9. The monoisotopic (exact) mass is 468 g/mol. The third kappa shape index (κ3) is 3.14. The minimum absolute atomic E-state index is 1.05. The van der Waals surface area contributed by atoms with Crippen LogP contribution in [0.4, 0.5) is 0 Å². The minimum atomic E-state index is 1.05. The molecule has 1 aromatic rings. The Morgan fingerprint density at radius 3 is 1.85 bits per heavy atom. The average molecular weight is 472 g/mol. The second-order valence-corrected chi connectivity index (χ2v) is 7.75. The molecule has 0 nitrogen and oxygen atoms in total. The van der Waals surface area contributed by atoms with Gasteiger partial charge in [0.15, 0.2) is 0 Å². The molecule has 0 fully saturated rings. The summed E-state index contributed by atoms with van der Waals surface area (Å²) in [6.45, 7) is 0. The van der Waals surface area contributed by atoms with Crippen LogP contribution < -0.4 is 0 Å². The van der Waals surface area contributed by atoms with E-state index in [1.807, 2.05) is 6.07 Å².